The number of amides is 1. The van der Waals surface area contributed by atoms with Crippen molar-refractivity contribution in [1.29, 1.82) is 0 Å². The van der Waals surface area contributed by atoms with Gasteiger partial charge in [-0.3, -0.25) is 4.79 Å². The van der Waals surface area contributed by atoms with Crippen LogP contribution in [0.2, 0.25) is 0 Å². The average molecular weight is 360 g/mol. The van der Waals surface area contributed by atoms with E-state index in [0.29, 0.717) is 6.54 Å². The molecule has 3 rings (SSSR count). The molecule has 1 aliphatic heterocycles. The van der Waals surface area contributed by atoms with E-state index in [9.17, 15) is 4.79 Å². The van der Waals surface area contributed by atoms with Crippen LogP contribution in [0.3, 0.4) is 0 Å². The first-order valence-corrected chi connectivity index (χ1v) is 7.72. The van der Waals surface area contributed by atoms with Gasteiger partial charge >= 0.3 is 0 Å². The van der Waals surface area contributed by atoms with Gasteiger partial charge in [0.1, 0.15) is 0 Å². The molecule has 2 N–H and O–H groups in total. The molecule has 0 spiro atoms. The number of halogens is 2. The first-order valence-electron chi connectivity index (χ1n) is 6.84. The number of hydrogen-bond donors (Lipinski definition) is 2. The van der Waals surface area contributed by atoms with E-state index >= 15 is 0 Å². The van der Waals surface area contributed by atoms with Gasteiger partial charge in [0.05, 0.1) is 17.2 Å². The Morgan fingerprint density at radius 2 is 2.23 bits per heavy atom. The number of thiazole rings is 1. The summed E-state index contributed by atoms with van der Waals surface area (Å²) in [6.07, 6.45) is 1.93. The topological polar surface area (TPSA) is 54.0 Å². The molecule has 1 aromatic heterocycles. The van der Waals surface area contributed by atoms with E-state index in [4.69, 9.17) is 0 Å². The first kappa shape index (κ1) is 18.7. The van der Waals surface area contributed by atoms with Crippen LogP contribution >= 0.6 is 36.2 Å². The molecule has 0 radical (unpaired) electrons. The molecule has 1 aromatic carbocycles. The summed E-state index contributed by atoms with van der Waals surface area (Å²) in [4.78, 5) is 16.6. The minimum absolute atomic E-state index is 0. The second kappa shape index (κ2) is 8.36. The summed E-state index contributed by atoms with van der Waals surface area (Å²) < 4.78 is 0. The number of carbonyl (C=O) groups excluding carboxylic acids is 1. The number of benzene rings is 1. The van der Waals surface area contributed by atoms with Crippen LogP contribution in [0.1, 0.15) is 33.5 Å². The highest BCUT2D eigenvalue weighted by atomic mass is 35.5. The Morgan fingerprint density at radius 3 is 2.95 bits per heavy atom. The quantitative estimate of drug-likeness (QED) is 0.878. The molecule has 2 heterocycles. The molecule has 1 amide bonds. The Bertz CT molecular complexity index is 645. The normalized spacial score (nSPS) is 11.7. The number of nitrogens with zero attached hydrogens (tertiary/aromatic N) is 1. The Labute approximate surface area is 146 Å². The summed E-state index contributed by atoms with van der Waals surface area (Å²) in [6.45, 7) is 3.53. The third-order valence-corrected chi connectivity index (χ3v) is 4.45. The maximum Gasteiger partial charge on any atom is 0.251 e. The van der Waals surface area contributed by atoms with Crippen LogP contribution in [0.4, 0.5) is 5.69 Å². The molecule has 0 fully saturated rings. The van der Waals surface area contributed by atoms with Crippen molar-refractivity contribution < 1.29 is 4.79 Å². The fraction of sp³-hybridized carbons (Fsp3) is 0.333. The summed E-state index contributed by atoms with van der Waals surface area (Å²) in [7, 11) is 0. The van der Waals surface area contributed by atoms with Crippen molar-refractivity contribution in [3.63, 3.8) is 0 Å². The van der Waals surface area contributed by atoms with Gasteiger partial charge in [0, 0.05) is 23.2 Å². The lowest BCUT2D eigenvalue weighted by Gasteiger charge is -2.05. The fourth-order valence-corrected chi connectivity index (χ4v) is 3.06. The molecule has 0 atom stereocenters. The minimum atomic E-state index is -0.0363. The molecular formula is C15H19Cl2N3OS. The number of rotatable bonds is 4. The van der Waals surface area contributed by atoms with Crippen LogP contribution in [0, 0.1) is 0 Å². The molecule has 4 nitrogen and oxygen atoms in total. The zero-order valence-corrected chi connectivity index (χ0v) is 14.7. The van der Waals surface area contributed by atoms with Crippen molar-refractivity contribution in [2.45, 2.75) is 26.3 Å². The van der Waals surface area contributed by atoms with Gasteiger partial charge in [-0.2, -0.15) is 0 Å². The van der Waals surface area contributed by atoms with Crippen LogP contribution < -0.4 is 10.6 Å². The van der Waals surface area contributed by atoms with E-state index in [1.165, 1.54) is 5.56 Å². The van der Waals surface area contributed by atoms with Crippen LogP contribution in [-0.4, -0.2) is 17.4 Å². The van der Waals surface area contributed by atoms with Gasteiger partial charge in [0.25, 0.3) is 5.91 Å². The zero-order chi connectivity index (χ0) is 13.9. The lowest BCUT2D eigenvalue weighted by Crippen LogP contribution is -2.23. The van der Waals surface area contributed by atoms with Crippen LogP contribution in [-0.2, 0) is 19.4 Å². The zero-order valence-electron chi connectivity index (χ0n) is 12.2. The molecule has 120 valence electrons. The maximum atomic E-state index is 12.1. The van der Waals surface area contributed by atoms with Gasteiger partial charge in [0.2, 0.25) is 0 Å². The summed E-state index contributed by atoms with van der Waals surface area (Å²) in [6, 6.07) is 5.82. The lowest BCUT2D eigenvalue weighted by atomic mass is 10.1. The summed E-state index contributed by atoms with van der Waals surface area (Å²) >= 11 is 1.64. The second-order valence-corrected chi connectivity index (χ2v) is 5.76. The smallest absolute Gasteiger partial charge is 0.251 e. The molecule has 0 unspecified atom stereocenters. The predicted octanol–water partition coefficient (Wildman–Crippen LogP) is 3.45. The predicted molar refractivity (Wildman–Crippen MR) is 95.8 cm³/mol. The van der Waals surface area contributed by atoms with Crippen molar-refractivity contribution in [3.05, 3.63) is 45.4 Å². The standard InChI is InChI=1S/C15H17N3OS.2ClH/c1-2-14-18-12(9-20-14)8-17-15(19)11-3-4-13-10(7-11)5-6-16-13;;/h3-4,7,9,16H,2,5-6,8H2,1H3,(H,17,19);2*1H. The number of aryl methyl sites for hydroxylation is 1. The Balaban J connectivity index is 0.00000121. The number of aromatic nitrogens is 1. The van der Waals surface area contributed by atoms with Crippen molar-refractivity contribution in [2.75, 3.05) is 11.9 Å². The fourth-order valence-electron chi connectivity index (χ4n) is 2.31. The van der Waals surface area contributed by atoms with E-state index in [0.717, 1.165) is 41.3 Å². The summed E-state index contributed by atoms with van der Waals surface area (Å²) in [5, 5.41) is 9.34. The monoisotopic (exact) mass is 359 g/mol. The average Bonchev–Trinajstić information content (AvgIpc) is 3.12. The van der Waals surface area contributed by atoms with Crippen molar-refractivity contribution >= 4 is 47.7 Å². The SMILES string of the molecule is CCc1nc(CNC(=O)c2ccc3c(c2)CCN3)cs1.Cl.Cl. The van der Waals surface area contributed by atoms with Gasteiger partial charge in [0.15, 0.2) is 0 Å². The maximum absolute atomic E-state index is 12.1. The second-order valence-electron chi connectivity index (χ2n) is 4.82. The molecule has 0 saturated heterocycles. The van der Waals surface area contributed by atoms with E-state index in [-0.39, 0.29) is 30.7 Å². The minimum Gasteiger partial charge on any atom is -0.384 e. The molecule has 1 aliphatic rings. The van der Waals surface area contributed by atoms with E-state index in [2.05, 4.69) is 22.5 Å². The van der Waals surface area contributed by atoms with Gasteiger partial charge in [-0.05, 0) is 36.6 Å². The highest BCUT2D eigenvalue weighted by molar-refractivity contribution is 7.09. The number of fused-ring (bicyclic) bond motifs is 1. The summed E-state index contributed by atoms with van der Waals surface area (Å²) in [5.74, 6) is -0.0363. The molecule has 0 bridgehead atoms. The van der Waals surface area contributed by atoms with Gasteiger partial charge < -0.3 is 10.6 Å². The molecule has 0 aliphatic carbocycles. The molecule has 22 heavy (non-hydrogen) atoms. The van der Waals surface area contributed by atoms with Gasteiger partial charge in [-0.1, -0.05) is 6.92 Å². The highest BCUT2D eigenvalue weighted by Crippen LogP contribution is 2.23. The molecular weight excluding hydrogens is 341 g/mol. The first-order chi connectivity index (χ1) is 9.76. The number of carbonyl (C=O) groups is 1. The van der Waals surface area contributed by atoms with Crippen LogP contribution in [0.25, 0.3) is 0 Å². The highest BCUT2D eigenvalue weighted by Gasteiger charge is 2.13. The van der Waals surface area contributed by atoms with Gasteiger partial charge in [-0.15, -0.1) is 36.2 Å². The van der Waals surface area contributed by atoms with Crippen molar-refractivity contribution in [1.82, 2.24) is 10.3 Å². The number of anilines is 1. The van der Waals surface area contributed by atoms with E-state index in [1.54, 1.807) is 11.3 Å². The lowest BCUT2D eigenvalue weighted by molar-refractivity contribution is 0.0950. The number of hydrogen-bond acceptors (Lipinski definition) is 4. The molecule has 0 saturated carbocycles. The summed E-state index contributed by atoms with van der Waals surface area (Å²) in [5.41, 5.74) is 4.02. The Hall–Kier alpha value is -1.30. The largest absolute Gasteiger partial charge is 0.384 e. The Kier molecular flexibility index (Phi) is 7.13. The van der Waals surface area contributed by atoms with Crippen LogP contribution in [0.5, 0.6) is 0 Å². The van der Waals surface area contributed by atoms with E-state index < -0.39 is 0 Å². The molecule has 7 heteroatoms. The van der Waals surface area contributed by atoms with Crippen molar-refractivity contribution in [2.24, 2.45) is 0 Å². The molecule has 2 aromatic rings. The Morgan fingerprint density at radius 1 is 1.41 bits per heavy atom. The van der Waals surface area contributed by atoms with E-state index in [1.807, 2.05) is 23.6 Å². The third kappa shape index (κ3) is 4.12. The third-order valence-electron chi connectivity index (χ3n) is 3.41. The van der Waals surface area contributed by atoms with Crippen LogP contribution in [0.15, 0.2) is 23.6 Å². The van der Waals surface area contributed by atoms with Crippen molar-refractivity contribution in [3.8, 4) is 0 Å². The van der Waals surface area contributed by atoms with Gasteiger partial charge in [-0.25, -0.2) is 4.98 Å². The number of nitrogens with one attached hydrogen (secondary N) is 2.